The minimum Gasteiger partial charge on any atom is -0.418 e. The van der Waals surface area contributed by atoms with Crippen LogP contribution in [0.25, 0.3) is 21.8 Å². The molecule has 8 heteroatoms. The molecule has 1 aromatic carbocycles. The van der Waals surface area contributed by atoms with Gasteiger partial charge in [-0.15, -0.1) is 21.5 Å². The van der Waals surface area contributed by atoms with Crippen molar-refractivity contribution in [3.63, 3.8) is 0 Å². The Balaban J connectivity index is 1.52. The van der Waals surface area contributed by atoms with Gasteiger partial charge in [0.2, 0.25) is 11.8 Å². The minimum atomic E-state index is 0.00368. The quantitative estimate of drug-likeness (QED) is 0.474. The van der Waals surface area contributed by atoms with Crippen molar-refractivity contribution in [2.75, 3.05) is 6.54 Å². The number of benzene rings is 1. The molecule has 0 aliphatic heterocycles. The van der Waals surface area contributed by atoms with Crippen molar-refractivity contribution in [1.29, 1.82) is 0 Å². The fourth-order valence-electron chi connectivity index (χ4n) is 3.17. The maximum Gasteiger partial charge on any atom is 0.257 e. The zero-order chi connectivity index (χ0) is 19.5. The Bertz CT molecular complexity index is 1080. The second-order valence-electron chi connectivity index (χ2n) is 6.53. The second-order valence-corrected chi connectivity index (χ2v) is 7.48. The number of hydrogen-bond acceptors (Lipinski definition) is 6. The van der Waals surface area contributed by atoms with Crippen LogP contribution < -0.4 is 0 Å². The third-order valence-corrected chi connectivity index (χ3v) is 5.37. The Morgan fingerprint density at radius 3 is 2.86 bits per heavy atom. The van der Waals surface area contributed by atoms with Crippen LogP contribution in [-0.4, -0.2) is 37.1 Å². The summed E-state index contributed by atoms with van der Waals surface area (Å²) < 4.78 is 7.71. The van der Waals surface area contributed by atoms with Crippen molar-refractivity contribution in [3.05, 3.63) is 53.5 Å². The predicted molar refractivity (Wildman–Crippen MR) is 108 cm³/mol. The highest BCUT2D eigenvalue weighted by Gasteiger charge is 2.19. The minimum absolute atomic E-state index is 0.00368. The van der Waals surface area contributed by atoms with Gasteiger partial charge in [-0.3, -0.25) is 4.79 Å². The monoisotopic (exact) mass is 395 g/mol. The summed E-state index contributed by atoms with van der Waals surface area (Å²) in [5.41, 5.74) is 1.86. The van der Waals surface area contributed by atoms with E-state index < -0.39 is 0 Å². The van der Waals surface area contributed by atoms with E-state index in [0.29, 0.717) is 24.9 Å². The third kappa shape index (κ3) is 3.68. The summed E-state index contributed by atoms with van der Waals surface area (Å²) in [6.45, 7) is 5.13. The molecular weight excluding hydrogens is 374 g/mol. The van der Waals surface area contributed by atoms with E-state index in [1.54, 1.807) is 16.2 Å². The highest BCUT2D eigenvalue weighted by atomic mass is 32.1. The Morgan fingerprint density at radius 1 is 1.21 bits per heavy atom. The zero-order valence-corrected chi connectivity index (χ0v) is 16.6. The van der Waals surface area contributed by atoms with Gasteiger partial charge in [0, 0.05) is 6.54 Å². The maximum absolute atomic E-state index is 13.0. The normalized spacial score (nSPS) is 11.2. The van der Waals surface area contributed by atoms with Crippen LogP contribution >= 0.6 is 11.3 Å². The first-order valence-corrected chi connectivity index (χ1v) is 10.1. The molecule has 0 atom stereocenters. The largest absolute Gasteiger partial charge is 0.418 e. The van der Waals surface area contributed by atoms with Crippen LogP contribution in [0.5, 0.6) is 0 Å². The molecule has 7 nitrogen and oxygen atoms in total. The number of carbonyl (C=O) groups is 1. The molecule has 4 rings (SSSR count). The Kier molecular flexibility index (Phi) is 5.21. The first-order valence-electron chi connectivity index (χ1n) is 9.21. The first kappa shape index (κ1) is 18.4. The SMILES string of the molecule is CCCN(Cc1nnc(-c2cccs2)o1)C(=O)Cn1c(C)nc2ccccc21. The molecule has 1 amide bonds. The number of thiophene rings is 1. The van der Waals surface area contributed by atoms with E-state index in [2.05, 4.69) is 15.2 Å². The van der Waals surface area contributed by atoms with Gasteiger partial charge in [0.1, 0.15) is 12.4 Å². The number of rotatable bonds is 7. The molecule has 0 bridgehead atoms. The molecule has 0 saturated heterocycles. The van der Waals surface area contributed by atoms with E-state index in [1.807, 2.05) is 60.2 Å². The van der Waals surface area contributed by atoms with Crippen LogP contribution in [0.4, 0.5) is 0 Å². The summed E-state index contributed by atoms with van der Waals surface area (Å²) >= 11 is 1.54. The van der Waals surface area contributed by atoms with Gasteiger partial charge in [-0.2, -0.15) is 0 Å². The predicted octanol–water partition coefficient (Wildman–Crippen LogP) is 3.90. The number of imidazole rings is 1. The van der Waals surface area contributed by atoms with Gasteiger partial charge in [0.05, 0.1) is 22.5 Å². The number of amides is 1. The summed E-state index contributed by atoms with van der Waals surface area (Å²) in [4.78, 5) is 20.3. The van der Waals surface area contributed by atoms with E-state index >= 15 is 0 Å². The van der Waals surface area contributed by atoms with Crippen molar-refractivity contribution < 1.29 is 9.21 Å². The lowest BCUT2D eigenvalue weighted by molar-refractivity contribution is -0.132. The number of para-hydroxylation sites is 2. The third-order valence-electron chi connectivity index (χ3n) is 4.51. The smallest absolute Gasteiger partial charge is 0.257 e. The van der Waals surface area contributed by atoms with Gasteiger partial charge in [0.25, 0.3) is 5.89 Å². The topological polar surface area (TPSA) is 77.0 Å². The standard InChI is InChI=1S/C20H21N5O2S/c1-3-10-24(12-18-22-23-20(27-18)17-9-6-11-28-17)19(26)13-25-14(2)21-15-7-4-5-8-16(15)25/h4-9,11H,3,10,12-13H2,1-2H3. The zero-order valence-electron chi connectivity index (χ0n) is 15.8. The average molecular weight is 395 g/mol. The van der Waals surface area contributed by atoms with E-state index in [4.69, 9.17) is 4.42 Å². The maximum atomic E-state index is 13.0. The first-order chi connectivity index (χ1) is 13.7. The van der Waals surface area contributed by atoms with E-state index in [-0.39, 0.29) is 12.5 Å². The molecule has 28 heavy (non-hydrogen) atoms. The summed E-state index contributed by atoms with van der Waals surface area (Å²) in [7, 11) is 0. The molecular formula is C20H21N5O2S. The lowest BCUT2D eigenvalue weighted by atomic mass is 10.3. The summed E-state index contributed by atoms with van der Waals surface area (Å²) in [5.74, 6) is 1.76. The van der Waals surface area contributed by atoms with Crippen LogP contribution in [0.2, 0.25) is 0 Å². The molecule has 3 aromatic heterocycles. The number of nitrogens with zero attached hydrogens (tertiary/aromatic N) is 5. The molecule has 144 valence electrons. The van der Waals surface area contributed by atoms with Crippen molar-refractivity contribution in [2.45, 2.75) is 33.4 Å². The fourth-order valence-corrected chi connectivity index (χ4v) is 3.82. The van der Waals surface area contributed by atoms with Crippen molar-refractivity contribution in [1.82, 2.24) is 24.6 Å². The van der Waals surface area contributed by atoms with Crippen LogP contribution in [0.15, 0.2) is 46.2 Å². The summed E-state index contributed by atoms with van der Waals surface area (Å²) in [5, 5.41) is 10.2. The average Bonchev–Trinajstić information content (AvgIpc) is 3.42. The van der Waals surface area contributed by atoms with Gasteiger partial charge < -0.3 is 13.9 Å². The number of hydrogen-bond donors (Lipinski definition) is 0. The van der Waals surface area contributed by atoms with Crippen molar-refractivity contribution >= 4 is 28.3 Å². The molecule has 0 aliphatic carbocycles. The molecule has 0 aliphatic rings. The van der Waals surface area contributed by atoms with Crippen LogP contribution in [0.1, 0.15) is 25.1 Å². The Morgan fingerprint density at radius 2 is 2.07 bits per heavy atom. The number of aryl methyl sites for hydroxylation is 1. The van der Waals surface area contributed by atoms with E-state index in [0.717, 1.165) is 28.2 Å². The summed E-state index contributed by atoms with van der Waals surface area (Å²) in [6.07, 6.45) is 0.849. The molecule has 4 aromatic rings. The Hall–Kier alpha value is -3.00. The van der Waals surface area contributed by atoms with Gasteiger partial charge >= 0.3 is 0 Å². The molecule has 0 N–H and O–H groups in total. The van der Waals surface area contributed by atoms with Gasteiger partial charge in [-0.05, 0) is 36.9 Å². The lowest BCUT2D eigenvalue weighted by Gasteiger charge is -2.21. The fraction of sp³-hybridized carbons (Fsp3) is 0.300. The molecule has 0 unspecified atom stereocenters. The molecule has 3 heterocycles. The molecule has 0 radical (unpaired) electrons. The molecule has 0 fully saturated rings. The highest BCUT2D eigenvalue weighted by Crippen LogP contribution is 2.23. The summed E-state index contributed by atoms with van der Waals surface area (Å²) in [6, 6.07) is 11.7. The van der Waals surface area contributed by atoms with Crippen molar-refractivity contribution in [3.8, 4) is 10.8 Å². The van der Waals surface area contributed by atoms with E-state index in [1.165, 1.54) is 0 Å². The number of carbonyl (C=O) groups excluding carboxylic acids is 1. The van der Waals surface area contributed by atoms with Crippen LogP contribution in [-0.2, 0) is 17.9 Å². The second kappa shape index (κ2) is 7.93. The Labute approximate surface area is 166 Å². The molecule has 0 saturated carbocycles. The van der Waals surface area contributed by atoms with Crippen LogP contribution in [0.3, 0.4) is 0 Å². The van der Waals surface area contributed by atoms with Gasteiger partial charge in [-0.1, -0.05) is 25.1 Å². The molecule has 0 spiro atoms. The van der Waals surface area contributed by atoms with E-state index in [9.17, 15) is 4.79 Å². The van der Waals surface area contributed by atoms with Gasteiger partial charge in [-0.25, -0.2) is 4.98 Å². The van der Waals surface area contributed by atoms with Gasteiger partial charge in [0.15, 0.2) is 0 Å². The van der Waals surface area contributed by atoms with Crippen molar-refractivity contribution in [2.24, 2.45) is 0 Å². The number of fused-ring (bicyclic) bond motifs is 1. The lowest BCUT2D eigenvalue weighted by Crippen LogP contribution is -2.34. The number of aromatic nitrogens is 4. The van der Waals surface area contributed by atoms with Crippen LogP contribution in [0, 0.1) is 6.92 Å². The highest BCUT2D eigenvalue weighted by molar-refractivity contribution is 7.13.